The number of ether oxygens (including phenoxy) is 1. The van der Waals surface area contributed by atoms with E-state index in [-0.39, 0.29) is 6.04 Å². The normalized spacial score (nSPS) is 17.8. The van der Waals surface area contributed by atoms with Gasteiger partial charge in [0, 0.05) is 12.1 Å². The first-order valence-electron chi connectivity index (χ1n) is 7.91. The summed E-state index contributed by atoms with van der Waals surface area (Å²) < 4.78 is 33.0. The van der Waals surface area contributed by atoms with Crippen molar-refractivity contribution in [3.05, 3.63) is 24.3 Å². The molecular weight excluding hydrogens is 300 g/mol. The summed E-state index contributed by atoms with van der Waals surface area (Å²) in [5, 5.41) is 0. The van der Waals surface area contributed by atoms with E-state index in [1.807, 2.05) is 6.92 Å². The van der Waals surface area contributed by atoms with Crippen LogP contribution in [0.2, 0.25) is 0 Å². The third kappa shape index (κ3) is 4.44. The first kappa shape index (κ1) is 17.2. The number of piperidine rings is 1. The van der Waals surface area contributed by atoms with Gasteiger partial charge < -0.3 is 9.64 Å². The zero-order chi connectivity index (χ0) is 16.2. The molecule has 1 aromatic carbocycles. The van der Waals surface area contributed by atoms with Gasteiger partial charge in [-0.05, 0) is 71.0 Å². The Bertz CT molecular complexity index is 562. The van der Waals surface area contributed by atoms with E-state index in [0.29, 0.717) is 23.3 Å². The fourth-order valence-corrected chi connectivity index (χ4v) is 4.01. The van der Waals surface area contributed by atoms with Crippen LogP contribution in [-0.2, 0) is 10.0 Å². The number of nitrogens with one attached hydrogen (secondary N) is 1. The Balaban J connectivity index is 1.96. The van der Waals surface area contributed by atoms with Crippen LogP contribution in [0, 0.1) is 0 Å². The van der Waals surface area contributed by atoms with E-state index >= 15 is 0 Å². The summed E-state index contributed by atoms with van der Waals surface area (Å²) in [4.78, 5) is 2.67. The number of benzene rings is 1. The Labute approximate surface area is 133 Å². The highest BCUT2D eigenvalue weighted by Crippen LogP contribution is 2.19. The Morgan fingerprint density at radius 3 is 2.32 bits per heavy atom. The maximum absolute atomic E-state index is 12.4. The first-order valence-corrected chi connectivity index (χ1v) is 9.40. The smallest absolute Gasteiger partial charge is 0.240 e. The average molecular weight is 326 g/mol. The van der Waals surface area contributed by atoms with Crippen molar-refractivity contribution >= 4 is 10.0 Å². The minimum atomic E-state index is -3.45. The molecule has 1 aromatic rings. The van der Waals surface area contributed by atoms with E-state index in [1.165, 1.54) is 0 Å². The van der Waals surface area contributed by atoms with Crippen LogP contribution in [0.1, 0.15) is 33.6 Å². The third-order valence-electron chi connectivity index (χ3n) is 4.03. The summed E-state index contributed by atoms with van der Waals surface area (Å²) in [6, 6.07) is 7.11. The molecule has 6 heteroatoms. The molecule has 0 atom stereocenters. The lowest BCUT2D eigenvalue weighted by Gasteiger charge is -2.34. The molecule has 0 unspecified atom stereocenters. The van der Waals surface area contributed by atoms with Crippen LogP contribution in [0.4, 0.5) is 0 Å². The third-order valence-corrected chi connectivity index (χ3v) is 5.56. The topological polar surface area (TPSA) is 58.6 Å². The van der Waals surface area contributed by atoms with Crippen molar-refractivity contribution in [3.63, 3.8) is 0 Å². The fraction of sp³-hybridized carbons (Fsp3) is 0.625. The van der Waals surface area contributed by atoms with Crippen molar-refractivity contribution in [2.24, 2.45) is 0 Å². The van der Waals surface area contributed by atoms with Gasteiger partial charge in [-0.2, -0.15) is 0 Å². The van der Waals surface area contributed by atoms with E-state index in [2.05, 4.69) is 23.5 Å². The van der Waals surface area contributed by atoms with Gasteiger partial charge in [0.1, 0.15) is 5.75 Å². The lowest BCUT2D eigenvalue weighted by molar-refractivity contribution is 0.168. The van der Waals surface area contributed by atoms with Crippen molar-refractivity contribution in [2.75, 3.05) is 19.7 Å². The average Bonchev–Trinajstić information content (AvgIpc) is 2.48. The van der Waals surface area contributed by atoms with Gasteiger partial charge in [-0.15, -0.1) is 0 Å². The molecule has 1 aliphatic heterocycles. The van der Waals surface area contributed by atoms with Crippen LogP contribution < -0.4 is 9.46 Å². The van der Waals surface area contributed by atoms with Crippen molar-refractivity contribution in [1.82, 2.24) is 9.62 Å². The summed E-state index contributed by atoms with van der Waals surface area (Å²) in [7, 11) is -3.45. The van der Waals surface area contributed by atoms with Crippen LogP contribution >= 0.6 is 0 Å². The highest BCUT2D eigenvalue weighted by Gasteiger charge is 2.25. The number of likely N-dealkylation sites (tertiary alicyclic amines) is 1. The number of hydrogen-bond donors (Lipinski definition) is 1. The molecule has 0 bridgehead atoms. The SMILES string of the molecule is CCOc1ccc(S(=O)(=O)NC2CCN(C(C)C)CC2)cc1. The second-order valence-electron chi connectivity index (χ2n) is 5.93. The standard InChI is InChI=1S/C16H26N2O3S/c1-4-21-15-5-7-16(8-6-15)22(19,20)17-14-9-11-18(12-10-14)13(2)3/h5-8,13-14,17H,4,9-12H2,1-3H3. The van der Waals surface area contributed by atoms with Crippen molar-refractivity contribution in [3.8, 4) is 5.75 Å². The van der Waals surface area contributed by atoms with E-state index in [1.54, 1.807) is 24.3 Å². The maximum atomic E-state index is 12.4. The van der Waals surface area contributed by atoms with E-state index < -0.39 is 10.0 Å². The highest BCUT2D eigenvalue weighted by molar-refractivity contribution is 7.89. The zero-order valence-corrected chi connectivity index (χ0v) is 14.4. The van der Waals surface area contributed by atoms with Crippen LogP contribution in [0.5, 0.6) is 5.75 Å². The van der Waals surface area contributed by atoms with Crippen LogP contribution in [-0.4, -0.2) is 45.1 Å². The Hall–Kier alpha value is -1.11. The molecule has 0 aliphatic carbocycles. The molecule has 5 nitrogen and oxygen atoms in total. The Morgan fingerprint density at radius 2 is 1.82 bits per heavy atom. The van der Waals surface area contributed by atoms with Crippen molar-refractivity contribution in [2.45, 2.75) is 50.6 Å². The summed E-state index contributed by atoms with van der Waals surface area (Å²) in [5.74, 6) is 0.687. The monoisotopic (exact) mass is 326 g/mol. The predicted molar refractivity (Wildman–Crippen MR) is 87.7 cm³/mol. The maximum Gasteiger partial charge on any atom is 0.240 e. The molecule has 0 aromatic heterocycles. The first-order chi connectivity index (χ1) is 10.4. The molecule has 2 rings (SSSR count). The van der Waals surface area contributed by atoms with Gasteiger partial charge in [0.15, 0.2) is 0 Å². The van der Waals surface area contributed by atoms with Gasteiger partial charge in [-0.25, -0.2) is 13.1 Å². The largest absolute Gasteiger partial charge is 0.494 e. The fourth-order valence-electron chi connectivity index (χ4n) is 2.70. The molecular formula is C16H26N2O3S. The van der Waals surface area contributed by atoms with E-state index in [0.717, 1.165) is 25.9 Å². The molecule has 0 saturated carbocycles. The number of rotatable bonds is 6. The second-order valence-corrected chi connectivity index (χ2v) is 7.64. The molecule has 22 heavy (non-hydrogen) atoms. The summed E-state index contributed by atoms with van der Waals surface area (Å²) in [6.07, 6.45) is 1.71. The summed E-state index contributed by atoms with van der Waals surface area (Å²) in [6.45, 7) is 8.69. The van der Waals surface area contributed by atoms with Gasteiger partial charge in [0.25, 0.3) is 0 Å². The molecule has 1 fully saturated rings. The van der Waals surface area contributed by atoms with Crippen LogP contribution in [0.25, 0.3) is 0 Å². The van der Waals surface area contributed by atoms with Gasteiger partial charge >= 0.3 is 0 Å². The van der Waals surface area contributed by atoms with Gasteiger partial charge in [-0.1, -0.05) is 0 Å². The number of hydrogen-bond acceptors (Lipinski definition) is 4. The molecule has 1 heterocycles. The minimum absolute atomic E-state index is 0.0200. The quantitative estimate of drug-likeness (QED) is 0.871. The van der Waals surface area contributed by atoms with Crippen molar-refractivity contribution in [1.29, 1.82) is 0 Å². The van der Waals surface area contributed by atoms with Crippen LogP contribution in [0.3, 0.4) is 0 Å². The van der Waals surface area contributed by atoms with Crippen molar-refractivity contribution < 1.29 is 13.2 Å². The van der Waals surface area contributed by atoms with E-state index in [9.17, 15) is 8.42 Å². The minimum Gasteiger partial charge on any atom is -0.494 e. The molecule has 124 valence electrons. The van der Waals surface area contributed by atoms with Crippen LogP contribution in [0.15, 0.2) is 29.2 Å². The van der Waals surface area contributed by atoms with Gasteiger partial charge in [0.2, 0.25) is 10.0 Å². The predicted octanol–water partition coefficient (Wildman–Crippen LogP) is 2.24. The lowest BCUT2D eigenvalue weighted by Crippen LogP contribution is -2.46. The zero-order valence-electron chi connectivity index (χ0n) is 13.6. The van der Waals surface area contributed by atoms with E-state index in [4.69, 9.17) is 4.74 Å². The van der Waals surface area contributed by atoms with Gasteiger partial charge in [-0.3, -0.25) is 0 Å². The molecule has 0 spiro atoms. The molecule has 0 radical (unpaired) electrons. The summed E-state index contributed by atoms with van der Waals surface area (Å²) >= 11 is 0. The molecule has 1 saturated heterocycles. The summed E-state index contributed by atoms with van der Waals surface area (Å²) in [5.41, 5.74) is 0. The highest BCUT2D eigenvalue weighted by atomic mass is 32.2. The molecule has 1 aliphatic rings. The lowest BCUT2D eigenvalue weighted by atomic mass is 10.1. The second kappa shape index (κ2) is 7.44. The van der Waals surface area contributed by atoms with Gasteiger partial charge in [0.05, 0.1) is 11.5 Å². The Morgan fingerprint density at radius 1 is 1.23 bits per heavy atom. The number of nitrogens with zero attached hydrogens (tertiary/aromatic N) is 1. The Kier molecular flexibility index (Phi) is 5.83. The number of sulfonamides is 1. The molecule has 0 amide bonds. The molecule has 1 N–H and O–H groups in total.